The molecule has 1 amide bonds. The van der Waals surface area contributed by atoms with E-state index in [2.05, 4.69) is 29.8 Å². The van der Waals surface area contributed by atoms with E-state index in [1.54, 1.807) is 4.90 Å². The SMILES string of the molecule is CCOC(=O)N(C)C1CCN(c2cc(C(C)C)nc(N(C)C)n2)CC1. The van der Waals surface area contributed by atoms with Crippen molar-refractivity contribution in [2.45, 2.75) is 45.6 Å². The van der Waals surface area contributed by atoms with Crippen molar-refractivity contribution < 1.29 is 9.53 Å². The molecule has 25 heavy (non-hydrogen) atoms. The summed E-state index contributed by atoms with van der Waals surface area (Å²) in [4.78, 5) is 27.2. The van der Waals surface area contributed by atoms with Crippen LogP contribution in [0.1, 0.15) is 45.2 Å². The molecule has 0 atom stereocenters. The number of piperidine rings is 1. The van der Waals surface area contributed by atoms with Gasteiger partial charge in [-0.15, -0.1) is 0 Å². The maximum Gasteiger partial charge on any atom is 0.409 e. The fraction of sp³-hybridized carbons (Fsp3) is 0.722. The van der Waals surface area contributed by atoms with Crippen LogP contribution in [-0.4, -0.2) is 67.8 Å². The van der Waals surface area contributed by atoms with Gasteiger partial charge in [-0.25, -0.2) is 9.78 Å². The first-order valence-electron chi connectivity index (χ1n) is 9.04. The number of anilines is 2. The number of aromatic nitrogens is 2. The molecule has 0 bridgehead atoms. The Morgan fingerprint density at radius 1 is 1.28 bits per heavy atom. The fourth-order valence-corrected chi connectivity index (χ4v) is 2.95. The van der Waals surface area contributed by atoms with Crippen molar-refractivity contribution in [2.75, 3.05) is 50.6 Å². The summed E-state index contributed by atoms with van der Waals surface area (Å²) in [6.45, 7) is 8.27. The summed E-state index contributed by atoms with van der Waals surface area (Å²) < 4.78 is 5.10. The normalized spacial score (nSPS) is 15.4. The van der Waals surface area contributed by atoms with Crippen LogP contribution in [0.4, 0.5) is 16.6 Å². The summed E-state index contributed by atoms with van der Waals surface area (Å²) in [7, 11) is 5.75. The maximum atomic E-state index is 11.9. The van der Waals surface area contributed by atoms with Crippen molar-refractivity contribution in [1.82, 2.24) is 14.9 Å². The highest BCUT2D eigenvalue weighted by molar-refractivity contribution is 5.67. The minimum atomic E-state index is -0.236. The van der Waals surface area contributed by atoms with Gasteiger partial charge in [-0.2, -0.15) is 4.98 Å². The first-order chi connectivity index (χ1) is 11.8. The summed E-state index contributed by atoms with van der Waals surface area (Å²) >= 11 is 0. The van der Waals surface area contributed by atoms with Gasteiger partial charge in [-0.1, -0.05) is 13.8 Å². The standard InChI is InChI=1S/C18H31N5O2/c1-7-25-18(24)22(6)14-8-10-23(11-9-14)16-12-15(13(2)3)19-17(20-16)21(4)5/h12-14H,7-11H2,1-6H3. The topological polar surface area (TPSA) is 61.8 Å². The first-order valence-corrected chi connectivity index (χ1v) is 9.04. The van der Waals surface area contributed by atoms with E-state index in [9.17, 15) is 4.79 Å². The van der Waals surface area contributed by atoms with E-state index in [0.29, 0.717) is 12.5 Å². The highest BCUT2D eigenvalue weighted by Crippen LogP contribution is 2.25. The zero-order valence-electron chi connectivity index (χ0n) is 16.3. The van der Waals surface area contributed by atoms with Gasteiger partial charge in [0.25, 0.3) is 0 Å². The molecule has 2 heterocycles. The first kappa shape index (κ1) is 19.3. The van der Waals surface area contributed by atoms with Gasteiger partial charge in [0.15, 0.2) is 0 Å². The zero-order chi connectivity index (χ0) is 18.6. The third-order valence-electron chi connectivity index (χ3n) is 4.60. The van der Waals surface area contributed by atoms with Crippen LogP contribution in [0.3, 0.4) is 0 Å². The molecule has 0 radical (unpaired) electrons. The molecule has 0 N–H and O–H groups in total. The quantitative estimate of drug-likeness (QED) is 0.814. The molecular weight excluding hydrogens is 318 g/mol. The fourth-order valence-electron chi connectivity index (χ4n) is 2.95. The third kappa shape index (κ3) is 4.74. The summed E-state index contributed by atoms with van der Waals surface area (Å²) in [5.74, 6) is 2.07. The van der Waals surface area contributed by atoms with Crippen LogP contribution in [0, 0.1) is 0 Å². The molecule has 1 fully saturated rings. The van der Waals surface area contributed by atoms with E-state index in [0.717, 1.165) is 43.4 Å². The molecule has 0 aromatic carbocycles. The van der Waals surface area contributed by atoms with E-state index in [4.69, 9.17) is 9.72 Å². The van der Waals surface area contributed by atoms with Crippen molar-refractivity contribution >= 4 is 17.9 Å². The average Bonchev–Trinajstić information content (AvgIpc) is 2.61. The van der Waals surface area contributed by atoms with Gasteiger partial charge >= 0.3 is 6.09 Å². The average molecular weight is 349 g/mol. The Bertz CT molecular complexity index is 557. The lowest BCUT2D eigenvalue weighted by Crippen LogP contribution is -2.46. The Morgan fingerprint density at radius 2 is 1.92 bits per heavy atom. The molecule has 1 aromatic heterocycles. The van der Waals surface area contributed by atoms with Gasteiger partial charge in [-0.05, 0) is 25.7 Å². The molecular formula is C18H31N5O2. The van der Waals surface area contributed by atoms with Gasteiger partial charge in [0.1, 0.15) is 5.82 Å². The Balaban J connectivity index is 2.08. The van der Waals surface area contributed by atoms with E-state index in [-0.39, 0.29) is 12.1 Å². The Morgan fingerprint density at radius 3 is 2.44 bits per heavy atom. The van der Waals surface area contributed by atoms with Crippen molar-refractivity contribution in [3.05, 3.63) is 11.8 Å². The monoisotopic (exact) mass is 349 g/mol. The van der Waals surface area contributed by atoms with Crippen LogP contribution in [0.5, 0.6) is 0 Å². The maximum absolute atomic E-state index is 11.9. The van der Waals surface area contributed by atoms with E-state index in [1.165, 1.54) is 0 Å². The number of carbonyl (C=O) groups is 1. The van der Waals surface area contributed by atoms with Crippen molar-refractivity contribution in [3.8, 4) is 0 Å². The van der Waals surface area contributed by atoms with Crippen molar-refractivity contribution in [3.63, 3.8) is 0 Å². The van der Waals surface area contributed by atoms with Gasteiger partial charge in [0.2, 0.25) is 5.95 Å². The molecule has 1 aromatic rings. The molecule has 1 aliphatic heterocycles. The molecule has 0 saturated carbocycles. The Hall–Kier alpha value is -2.05. The predicted octanol–water partition coefficient (Wildman–Crippen LogP) is 2.72. The summed E-state index contributed by atoms with van der Waals surface area (Å²) in [5, 5.41) is 0. The molecule has 0 aliphatic carbocycles. The van der Waals surface area contributed by atoms with Crippen molar-refractivity contribution in [2.24, 2.45) is 0 Å². The Labute approximate surface area is 151 Å². The largest absolute Gasteiger partial charge is 0.450 e. The molecule has 7 nitrogen and oxygen atoms in total. The number of hydrogen-bond donors (Lipinski definition) is 0. The molecule has 140 valence electrons. The predicted molar refractivity (Wildman–Crippen MR) is 100 cm³/mol. The third-order valence-corrected chi connectivity index (χ3v) is 4.60. The number of ether oxygens (including phenoxy) is 1. The van der Waals surface area contributed by atoms with Gasteiger partial charge < -0.3 is 19.4 Å². The van der Waals surface area contributed by atoms with Crippen LogP contribution in [-0.2, 0) is 4.74 Å². The number of rotatable bonds is 5. The smallest absolute Gasteiger partial charge is 0.409 e. The van der Waals surface area contributed by atoms with E-state index >= 15 is 0 Å². The number of nitrogens with zero attached hydrogens (tertiary/aromatic N) is 5. The van der Waals surface area contributed by atoms with E-state index in [1.807, 2.05) is 33.0 Å². The van der Waals surface area contributed by atoms with Crippen LogP contribution in [0.25, 0.3) is 0 Å². The summed E-state index contributed by atoms with van der Waals surface area (Å²) in [6, 6.07) is 2.31. The lowest BCUT2D eigenvalue weighted by atomic mass is 10.0. The van der Waals surface area contributed by atoms with Gasteiger partial charge in [-0.3, -0.25) is 0 Å². The minimum Gasteiger partial charge on any atom is -0.450 e. The summed E-state index contributed by atoms with van der Waals surface area (Å²) in [6.07, 6.45) is 1.58. The molecule has 1 saturated heterocycles. The lowest BCUT2D eigenvalue weighted by Gasteiger charge is -2.37. The van der Waals surface area contributed by atoms with E-state index < -0.39 is 0 Å². The van der Waals surface area contributed by atoms with Gasteiger partial charge in [0, 0.05) is 46.3 Å². The minimum absolute atomic E-state index is 0.218. The van der Waals surface area contributed by atoms with Gasteiger partial charge in [0.05, 0.1) is 12.3 Å². The molecule has 1 aliphatic rings. The summed E-state index contributed by atoms with van der Waals surface area (Å²) in [5.41, 5.74) is 1.06. The second kappa shape index (κ2) is 8.36. The second-order valence-electron chi connectivity index (χ2n) is 7.03. The lowest BCUT2D eigenvalue weighted by molar-refractivity contribution is 0.0962. The van der Waals surface area contributed by atoms with Crippen LogP contribution in [0.15, 0.2) is 6.07 Å². The van der Waals surface area contributed by atoms with Crippen LogP contribution in [0.2, 0.25) is 0 Å². The molecule has 0 unspecified atom stereocenters. The molecule has 0 spiro atoms. The molecule has 7 heteroatoms. The highest BCUT2D eigenvalue weighted by Gasteiger charge is 2.27. The van der Waals surface area contributed by atoms with Crippen molar-refractivity contribution in [1.29, 1.82) is 0 Å². The molecule has 2 rings (SSSR count). The number of hydrogen-bond acceptors (Lipinski definition) is 6. The highest BCUT2D eigenvalue weighted by atomic mass is 16.6. The number of amides is 1. The number of carbonyl (C=O) groups excluding carboxylic acids is 1. The Kier molecular flexibility index (Phi) is 6.45. The van der Waals surface area contributed by atoms with Crippen LogP contribution >= 0.6 is 0 Å². The second-order valence-corrected chi connectivity index (χ2v) is 7.03. The zero-order valence-corrected chi connectivity index (χ0v) is 16.3. The van der Waals surface area contributed by atoms with Crippen LogP contribution < -0.4 is 9.80 Å².